The smallest absolute Gasteiger partial charge is 0.262 e. The number of hydrogen-bond acceptors (Lipinski definition) is 2. The monoisotopic (exact) mass is 271 g/mol. The molecule has 0 saturated carbocycles. The molecule has 4 heteroatoms. The molecule has 1 aromatic rings. The summed E-state index contributed by atoms with van der Waals surface area (Å²) in [4.78, 5) is 0. The summed E-state index contributed by atoms with van der Waals surface area (Å²) in [6, 6.07) is 5.92. The Balaban J connectivity index is 2.58. The van der Waals surface area contributed by atoms with Gasteiger partial charge in [-0.3, -0.25) is 0 Å². The van der Waals surface area contributed by atoms with Gasteiger partial charge in [-0.15, -0.1) is 0 Å². The Bertz CT molecular complexity index is 403. The number of halogens is 1. The van der Waals surface area contributed by atoms with Crippen molar-refractivity contribution >= 4 is 33.3 Å². The van der Waals surface area contributed by atoms with Crippen molar-refractivity contribution in [3.8, 4) is 5.75 Å². The lowest BCUT2D eigenvalue weighted by atomic mass is 9.93. The normalized spacial score (nSPS) is 18.1. The molecule has 1 aliphatic rings. The number of hydrogen-bond donors (Lipinski definition) is 1. The predicted octanol–water partition coefficient (Wildman–Crippen LogP) is 2.95. The first kappa shape index (κ1) is 9.93. The molecule has 0 atom stereocenters. The van der Waals surface area contributed by atoms with Crippen molar-refractivity contribution in [3.05, 3.63) is 28.2 Å². The number of benzene rings is 1. The lowest BCUT2D eigenvalue weighted by molar-refractivity contribution is 0.379. The van der Waals surface area contributed by atoms with Crippen LogP contribution in [0.5, 0.6) is 5.75 Å². The van der Waals surface area contributed by atoms with E-state index < -0.39 is 0 Å². The fourth-order valence-electron chi connectivity index (χ4n) is 1.53. The minimum Gasteiger partial charge on any atom is -0.432 e. The molecule has 1 aliphatic heterocycles. The molecular formula is C10H10BrNOS. The van der Waals surface area contributed by atoms with E-state index >= 15 is 0 Å². The average molecular weight is 272 g/mol. The van der Waals surface area contributed by atoms with Gasteiger partial charge in [0.1, 0.15) is 5.75 Å². The largest absolute Gasteiger partial charge is 0.432 e. The molecule has 1 N–H and O–H groups in total. The fraction of sp³-hybridized carbons (Fsp3) is 0.300. The van der Waals surface area contributed by atoms with E-state index in [1.807, 2.05) is 18.2 Å². The van der Waals surface area contributed by atoms with Crippen molar-refractivity contribution in [1.29, 1.82) is 0 Å². The molecule has 74 valence electrons. The molecule has 0 amide bonds. The minimum atomic E-state index is -0.172. The van der Waals surface area contributed by atoms with E-state index in [9.17, 15) is 0 Å². The second-order valence-electron chi connectivity index (χ2n) is 3.78. The van der Waals surface area contributed by atoms with Crippen LogP contribution in [0.1, 0.15) is 19.4 Å². The second-order valence-corrected chi connectivity index (χ2v) is 5.07. The van der Waals surface area contributed by atoms with Gasteiger partial charge in [0.15, 0.2) is 0 Å². The Kier molecular flexibility index (Phi) is 2.27. The third-order valence-corrected chi connectivity index (χ3v) is 2.91. The highest BCUT2D eigenvalue weighted by atomic mass is 79.9. The molecule has 0 radical (unpaired) electrons. The molecule has 1 heterocycles. The predicted molar refractivity (Wildman–Crippen MR) is 63.5 cm³/mol. The third kappa shape index (κ3) is 1.64. The van der Waals surface area contributed by atoms with Crippen LogP contribution in [0.3, 0.4) is 0 Å². The number of thiocarbonyl (C=S) groups is 1. The molecule has 0 aromatic heterocycles. The molecule has 2 nitrogen and oxygen atoms in total. The van der Waals surface area contributed by atoms with Crippen molar-refractivity contribution in [3.63, 3.8) is 0 Å². The van der Waals surface area contributed by atoms with Crippen LogP contribution in [0.25, 0.3) is 0 Å². The van der Waals surface area contributed by atoms with Crippen LogP contribution in [0.2, 0.25) is 0 Å². The van der Waals surface area contributed by atoms with Gasteiger partial charge in [-0.1, -0.05) is 15.9 Å². The van der Waals surface area contributed by atoms with E-state index in [4.69, 9.17) is 17.0 Å². The summed E-state index contributed by atoms with van der Waals surface area (Å²) in [6.45, 7) is 4.15. The fourth-order valence-corrected chi connectivity index (χ4v) is 2.23. The summed E-state index contributed by atoms with van der Waals surface area (Å²) in [5.41, 5.74) is 0.939. The molecular weight excluding hydrogens is 262 g/mol. The van der Waals surface area contributed by atoms with Crippen LogP contribution in [0, 0.1) is 0 Å². The van der Waals surface area contributed by atoms with Gasteiger partial charge in [0.2, 0.25) is 0 Å². The molecule has 0 fully saturated rings. The summed E-state index contributed by atoms with van der Waals surface area (Å²) in [5.74, 6) is 0.835. The Hall–Kier alpha value is -0.610. The lowest BCUT2D eigenvalue weighted by Gasteiger charge is -2.34. The highest BCUT2D eigenvalue weighted by Gasteiger charge is 2.30. The number of nitrogens with one attached hydrogen (secondary N) is 1. The van der Waals surface area contributed by atoms with Gasteiger partial charge in [-0.2, -0.15) is 0 Å². The van der Waals surface area contributed by atoms with Crippen LogP contribution in [0.4, 0.5) is 0 Å². The highest BCUT2D eigenvalue weighted by Crippen LogP contribution is 2.35. The van der Waals surface area contributed by atoms with Crippen LogP contribution in [0.15, 0.2) is 22.7 Å². The van der Waals surface area contributed by atoms with Gasteiger partial charge in [0, 0.05) is 10.0 Å². The first-order valence-corrected chi connectivity index (χ1v) is 5.49. The number of fused-ring (bicyclic) bond motifs is 1. The zero-order chi connectivity index (χ0) is 10.3. The standard InChI is InChI=1S/C10H10BrNOS/c1-10(2)7-5-6(11)3-4-8(7)13-9(14)12-10/h3-5H,1-2H3,(H,12,14). The number of rotatable bonds is 0. The quantitative estimate of drug-likeness (QED) is 0.734. The average Bonchev–Trinajstić information content (AvgIpc) is 2.05. The van der Waals surface area contributed by atoms with Gasteiger partial charge < -0.3 is 10.1 Å². The first-order valence-electron chi connectivity index (χ1n) is 4.29. The molecule has 1 aromatic carbocycles. The van der Waals surface area contributed by atoms with Crippen molar-refractivity contribution < 1.29 is 4.74 Å². The van der Waals surface area contributed by atoms with Crippen molar-refractivity contribution in [2.24, 2.45) is 0 Å². The van der Waals surface area contributed by atoms with Crippen LogP contribution in [-0.2, 0) is 5.54 Å². The highest BCUT2D eigenvalue weighted by molar-refractivity contribution is 9.10. The van der Waals surface area contributed by atoms with E-state index in [1.165, 1.54) is 0 Å². The lowest BCUT2D eigenvalue weighted by Crippen LogP contribution is -2.46. The van der Waals surface area contributed by atoms with Gasteiger partial charge >= 0.3 is 0 Å². The van der Waals surface area contributed by atoms with E-state index in [0.29, 0.717) is 5.17 Å². The Labute approximate surface area is 96.8 Å². The molecule has 0 saturated heterocycles. The topological polar surface area (TPSA) is 21.3 Å². The van der Waals surface area contributed by atoms with E-state index in [2.05, 4.69) is 35.1 Å². The van der Waals surface area contributed by atoms with Crippen molar-refractivity contribution in [2.75, 3.05) is 0 Å². The van der Waals surface area contributed by atoms with Crippen LogP contribution in [-0.4, -0.2) is 5.17 Å². The zero-order valence-corrected chi connectivity index (χ0v) is 10.3. The Morgan fingerprint density at radius 1 is 1.43 bits per heavy atom. The molecule has 0 unspecified atom stereocenters. The first-order chi connectivity index (χ1) is 6.49. The molecule has 14 heavy (non-hydrogen) atoms. The molecule has 0 bridgehead atoms. The summed E-state index contributed by atoms with van der Waals surface area (Å²) in [5, 5.41) is 3.56. The van der Waals surface area contributed by atoms with Gasteiger partial charge in [0.05, 0.1) is 5.54 Å². The van der Waals surface area contributed by atoms with E-state index in [1.54, 1.807) is 0 Å². The SMILES string of the molecule is CC1(C)NC(=S)Oc2ccc(Br)cc21. The summed E-state index contributed by atoms with van der Waals surface area (Å²) in [7, 11) is 0. The maximum absolute atomic E-state index is 5.42. The van der Waals surface area contributed by atoms with Crippen molar-refractivity contribution in [1.82, 2.24) is 5.32 Å². The summed E-state index contributed by atoms with van der Waals surface area (Å²) < 4.78 is 6.47. The molecule has 0 spiro atoms. The minimum absolute atomic E-state index is 0.172. The number of ether oxygens (including phenoxy) is 1. The van der Waals surface area contributed by atoms with Crippen LogP contribution < -0.4 is 10.1 Å². The van der Waals surface area contributed by atoms with Gasteiger partial charge in [-0.05, 0) is 44.3 Å². The van der Waals surface area contributed by atoms with Gasteiger partial charge in [0.25, 0.3) is 5.17 Å². The second kappa shape index (κ2) is 3.21. The maximum Gasteiger partial charge on any atom is 0.262 e. The zero-order valence-electron chi connectivity index (χ0n) is 7.93. The summed E-state index contributed by atoms with van der Waals surface area (Å²) in [6.07, 6.45) is 0. The molecule has 2 rings (SSSR count). The summed E-state index contributed by atoms with van der Waals surface area (Å²) >= 11 is 8.46. The van der Waals surface area contributed by atoms with Crippen molar-refractivity contribution in [2.45, 2.75) is 19.4 Å². The van der Waals surface area contributed by atoms with E-state index in [-0.39, 0.29) is 5.54 Å². The maximum atomic E-state index is 5.42. The third-order valence-electron chi connectivity index (χ3n) is 2.23. The molecule has 0 aliphatic carbocycles. The Morgan fingerprint density at radius 3 is 2.86 bits per heavy atom. The van der Waals surface area contributed by atoms with Crippen LogP contribution >= 0.6 is 28.1 Å². The Morgan fingerprint density at radius 2 is 2.14 bits per heavy atom. The van der Waals surface area contributed by atoms with Gasteiger partial charge in [-0.25, -0.2) is 0 Å². The van der Waals surface area contributed by atoms with E-state index in [0.717, 1.165) is 15.8 Å².